The van der Waals surface area contributed by atoms with Crippen LogP contribution in [0.5, 0.6) is 5.75 Å². The Balaban J connectivity index is 1.67. The average Bonchev–Trinajstić information content (AvgIpc) is 3.47. The van der Waals surface area contributed by atoms with Gasteiger partial charge in [-0.15, -0.1) is 0 Å². The molecule has 1 saturated carbocycles. The standard InChI is InChI=1S/C23H29NO2/c1-16(2)20-10-7-11-21(17(3)19-12-13-19)22(20)26-23(25)24-15-14-18-8-5-4-6-9-18/h4-11,16-17,19H,12-15H2,1-3H3,(H,24,25). The van der Waals surface area contributed by atoms with E-state index in [-0.39, 0.29) is 6.09 Å². The van der Waals surface area contributed by atoms with Crippen molar-refractivity contribution in [3.05, 3.63) is 65.2 Å². The molecule has 1 aliphatic carbocycles. The van der Waals surface area contributed by atoms with Gasteiger partial charge in [-0.2, -0.15) is 0 Å². The van der Waals surface area contributed by atoms with Gasteiger partial charge in [-0.05, 0) is 53.7 Å². The first kappa shape index (κ1) is 18.5. The smallest absolute Gasteiger partial charge is 0.410 e. The van der Waals surface area contributed by atoms with Gasteiger partial charge in [0.15, 0.2) is 0 Å². The van der Waals surface area contributed by atoms with Crippen molar-refractivity contribution in [2.45, 2.75) is 51.9 Å². The van der Waals surface area contributed by atoms with Crippen LogP contribution in [0.25, 0.3) is 0 Å². The third-order valence-electron chi connectivity index (χ3n) is 5.24. The van der Waals surface area contributed by atoms with E-state index >= 15 is 0 Å². The van der Waals surface area contributed by atoms with Gasteiger partial charge in [0.1, 0.15) is 5.75 Å². The molecule has 0 radical (unpaired) electrons. The second-order valence-corrected chi connectivity index (χ2v) is 7.60. The first-order valence-corrected chi connectivity index (χ1v) is 9.68. The van der Waals surface area contributed by atoms with Crippen LogP contribution in [0.1, 0.15) is 62.1 Å². The van der Waals surface area contributed by atoms with E-state index in [0.29, 0.717) is 18.4 Å². The van der Waals surface area contributed by atoms with E-state index < -0.39 is 0 Å². The van der Waals surface area contributed by atoms with Crippen LogP contribution in [-0.2, 0) is 6.42 Å². The zero-order chi connectivity index (χ0) is 18.5. The van der Waals surface area contributed by atoms with Crippen molar-refractivity contribution < 1.29 is 9.53 Å². The minimum Gasteiger partial charge on any atom is -0.410 e. The molecule has 0 bridgehead atoms. The third-order valence-corrected chi connectivity index (χ3v) is 5.24. The zero-order valence-corrected chi connectivity index (χ0v) is 16.0. The lowest BCUT2D eigenvalue weighted by atomic mass is 9.90. The molecular weight excluding hydrogens is 322 g/mol. The molecule has 2 aromatic rings. The van der Waals surface area contributed by atoms with Crippen LogP contribution >= 0.6 is 0 Å². The second kappa shape index (κ2) is 8.39. The Kier molecular flexibility index (Phi) is 5.97. The van der Waals surface area contributed by atoms with Crippen molar-refractivity contribution in [2.24, 2.45) is 5.92 Å². The van der Waals surface area contributed by atoms with Gasteiger partial charge >= 0.3 is 6.09 Å². The predicted molar refractivity (Wildman–Crippen MR) is 106 cm³/mol. The summed E-state index contributed by atoms with van der Waals surface area (Å²) < 4.78 is 5.82. The largest absolute Gasteiger partial charge is 0.412 e. The van der Waals surface area contributed by atoms with Gasteiger partial charge in [-0.1, -0.05) is 69.3 Å². The molecule has 2 aromatic carbocycles. The van der Waals surface area contributed by atoms with Crippen molar-refractivity contribution >= 4 is 6.09 Å². The van der Waals surface area contributed by atoms with Crippen molar-refractivity contribution in [3.63, 3.8) is 0 Å². The summed E-state index contributed by atoms with van der Waals surface area (Å²) in [6.07, 6.45) is 2.98. The minimum atomic E-state index is -0.363. The van der Waals surface area contributed by atoms with Crippen LogP contribution in [0.3, 0.4) is 0 Å². The van der Waals surface area contributed by atoms with Crippen LogP contribution in [0, 0.1) is 5.92 Å². The number of hydrogen-bond acceptors (Lipinski definition) is 2. The number of amides is 1. The van der Waals surface area contributed by atoms with Gasteiger partial charge in [0, 0.05) is 6.54 Å². The normalized spacial score (nSPS) is 14.9. The highest BCUT2D eigenvalue weighted by Gasteiger charge is 2.32. The van der Waals surface area contributed by atoms with Crippen LogP contribution in [-0.4, -0.2) is 12.6 Å². The fourth-order valence-corrected chi connectivity index (χ4v) is 3.44. The molecule has 0 aromatic heterocycles. The monoisotopic (exact) mass is 351 g/mol. The predicted octanol–water partition coefficient (Wildman–Crippen LogP) is 5.65. The third kappa shape index (κ3) is 4.66. The number of carbonyl (C=O) groups is 1. The lowest BCUT2D eigenvalue weighted by Gasteiger charge is -2.20. The Bertz CT molecular complexity index is 735. The topological polar surface area (TPSA) is 38.3 Å². The van der Waals surface area contributed by atoms with E-state index in [9.17, 15) is 4.79 Å². The van der Waals surface area contributed by atoms with E-state index in [1.807, 2.05) is 18.2 Å². The highest BCUT2D eigenvalue weighted by molar-refractivity contribution is 5.71. The lowest BCUT2D eigenvalue weighted by Crippen LogP contribution is -2.29. The summed E-state index contributed by atoms with van der Waals surface area (Å²) in [6, 6.07) is 16.4. The molecule has 3 heteroatoms. The van der Waals surface area contributed by atoms with Crippen molar-refractivity contribution in [2.75, 3.05) is 6.54 Å². The minimum absolute atomic E-state index is 0.313. The Morgan fingerprint density at radius 1 is 1.04 bits per heavy atom. The van der Waals surface area contributed by atoms with E-state index in [2.05, 4.69) is 56.4 Å². The molecule has 0 heterocycles. The summed E-state index contributed by atoms with van der Waals surface area (Å²) in [7, 11) is 0. The number of ether oxygens (including phenoxy) is 1. The molecule has 138 valence electrons. The summed E-state index contributed by atoms with van der Waals surface area (Å²) >= 11 is 0. The first-order valence-electron chi connectivity index (χ1n) is 9.68. The molecule has 3 rings (SSSR count). The number of para-hydroxylation sites is 1. The molecule has 26 heavy (non-hydrogen) atoms. The highest BCUT2D eigenvalue weighted by atomic mass is 16.6. The summed E-state index contributed by atoms with van der Waals surface area (Å²) in [6.45, 7) is 7.10. The van der Waals surface area contributed by atoms with Crippen LogP contribution in [0.2, 0.25) is 0 Å². The number of nitrogens with one attached hydrogen (secondary N) is 1. The molecular formula is C23H29NO2. The van der Waals surface area contributed by atoms with E-state index in [0.717, 1.165) is 29.2 Å². The summed E-state index contributed by atoms with van der Waals surface area (Å²) in [5.74, 6) is 2.23. The maximum absolute atomic E-state index is 12.4. The molecule has 1 N–H and O–H groups in total. The summed E-state index contributed by atoms with van der Waals surface area (Å²) in [5, 5.41) is 2.90. The lowest BCUT2D eigenvalue weighted by molar-refractivity contribution is 0.199. The maximum atomic E-state index is 12.4. The van der Waals surface area contributed by atoms with Crippen molar-refractivity contribution in [1.82, 2.24) is 5.32 Å². The van der Waals surface area contributed by atoms with Gasteiger partial charge < -0.3 is 10.1 Å². The summed E-state index contributed by atoms with van der Waals surface area (Å²) in [4.78, 5) is 12.4. The fraction of sp³-hybridized carbons (Fsp3) is 0.435. The summed E-state index contributed by atoms with van der Waals surface area (Å²) in [5.41, 5.74) is 3.48. The molecule has 0 spiro atoms. The Morgan fingerprint density at radius 3 is 2.38 bits per heavy atom. The molecule has 1 atom stereocenters. The van der Waals surface area contributed by atoms with Crippen molar-refractivity contribution in [1.29, 1.82) is 0 Å². The van der Waals surface area contributed by atoms with E-state index in [1.165, 1.54) is 18.4 Å². The quantitative estimate of drug-likeness (QED) is 0.699. The highest BCUT2D eigenvalue weighted by Crippen LogP contribution is 2.46. The maximum Gasteiger partial charge on any atom is 0.412 e. The van der Waals surface area contributed by atoms with Gasteiger partial charge in [-0.3, -0.25) is 0 Å². The molecule has 3 nitrogen and oxygen atoms in total. The van der Waals surface area contributed by atoms with Crippen LogP contribution in [0.15, 0.2) is 48.5 Å². The molecule has 0 aliphatic heterocycles. The number of hydrogen-bond donors (Lipinski definition) is 1. The van der Waals surface area contributed by atoms with Gasteiger partial charge in [0.05, 0.1) is 0 Å². The number of carbonyl (C=O) groups excluding carboxylic acids is 1. The molecule has 1 unspecified atom stereocenters. The Labute approximate surface area is 156 Å². The van der Waals surface area contributed by atoms with E-state index in [1.54, 1.807) is 0 Å². The zero-order valence-electron chi connectivity index (χ0n) is 16.0. The van der Waals surface area contributed by atoms with Gasteiger partial charge in [0.2, 0.25) is 0 Å². The SMILES string of the molecule is CC(C)c1cccc(C(C)C2CC2)c1OC(=O)NCCc1ccccc1. The molecule has 1 aliphatic rings. The average molecular weight is 351 g/mol. The van der Waals surface area contributed by atoms with Crippen LogP contribution < -0.4 is 10.1 Å². The molecule has 1 amide bonds. The van der Waals surface area contributed by atoms with E-state index in [4.69, 9.17) is 4.74 Å². The fourth-order valence-electron chi connectivity index (χ4n) is 3.44. The van der Waals surface area contributed by atoms with Crippen LogP contribution in [0.4, 0.5) is 4.79 Å². The van der Waals surface area contributed by atoms with Gasteiger partial charge in [-0.25, -0.2) is 4.79 Å². The Hall–Kier alpha value is -2.29. The van der Waals surface area contributed by atoms with Crippen molar-refractivity contribution in [3.8, 4) is 5.75 Å². The second-order valence-electron chi connectivity index (χ2n) is 7.60. The van der Waals surface area contributed by atoms with Gasteiger partial charge in [0.25, 0.3) is 0 Å². The first-order chi connectivity index (χ1) is 12.6. The Morgan fingerprint density at radius 2 is 1.73 bits per heavy atom. The molecule has 1 fully saturated rings. The molecule has 0 saturated heterocycles. The number of rotatable bonds is 7. The number of benzene rings is 2.